The summed E-state index contributed by atoms with van der Waals surface area (Å²) in [6.45, 7) is 15.6. The molecular formula is C37H36N2O2. The van der Waals surface area contributed by atoms with Crippen molar-refractivity contribution in [1.82, 2.24) is 9.97 Å². The van der Waals surface area contributed by atoms with E-state index in [1.807, 2.05) is 30.5 Å². The Bertz CT molecular complexity index is 1930. The molecule has 0 saturated carbocycles. The first-order valence-electron chi connectivity index (χ1n) is 14.1. The highest BCUT2D eigenvalue weighted by Crippen LogP contribution is 2.41. The van der Waals surface area contributed by atoms with Crippen molar-refractivity contribution in [3.05, 3.63) is 102 Å². The molecular weight excluding hydrogens is 504 g/mol. The third-order valence-electron chi connectivity index (χ3n) is 7.77. The van der Waals surface area contributed by atoms with E-state index in [2.05, 4.69) is 90.9 Å². The Morgan fingerprint density at radius 1 is 0.659 bits per heavy atom. The van der Waals surface area contributed by atoms with Crippen molar-refractivity contribution in [2.24, 2.45) is 0 Å². The number of hydrogen-bond acceptors (Lipinski definition) is 4. The van der Waals surface area contributed by atoms with E-state index in [0.717, 1.165) is 44.2 Å². The maximum Gasteiger partial charge on any atom is 0.231 e. The molecule has 0 saturated heterocycles. The minimum Gasteiger partial charge on any atom is -0.507 e. The summed E-state index contributed by atoms with van der Waals surface area (Å²) in [6, 6.07) is 26.9. The van der Waals surface area contributed by atoms with Crippen LogP contribution in [0.1, 0.15) is 58.2 Å². The lowest BCUT2D eigenvalue weighted by Crippen LogP contribution is -2.12. The van der Waals surface area contributed by atoms with Crippen LogP contribution in [0.4, 0.5) is 0 Å². The number of rotatable bonds is 3. The van der Waals surface area contributed by atoms with E-state index < -0.39 is 0 Å². The Morgan fingerprint density at radius 2 is 1.32 bits per heavy atom. The number of benzene rings is 4. The summed E-state index contributed by atoms with van der Waals surface area (Å²) in [5.41, 5.74) is 10.9. The third-order valence-corrected chi connectivity index (χ3v) is 7.77. The number of phenolic OH excluding ortho intramolecular Hbond substituents is 1. The van der Waals surface area contributed by atoms with Crippen molar-refractivity contribution in [2.45, 2.75) is 59.3 Å². The highest BCUT2D eigenvalue weighted by molar-refractivity contribution is 5.98. The molecule has 4 aromatic carbocycles. The minimum absolute atomic E-state index is 0.00787. The Balaban J connectivity index is 1.64. The minimum atomic E-state index is -0.0800. The fourth-order valence-electron chi connectivity index (χ4n) is 5.37. The maximum absolute atomic E-state index is 10.5. The van der Waals surface area contributed by atoms with Crippen LogP contribution in [0, 0.1) is 6.92 Å². The molecule has 4 nitrogen and oxygen atoms in total. The summed E-state index contributed by atoms with van der Waals surface area (Å²) in [7, 11) is 0. The van der Waals surface area contributed by atoms with Crippen LogP contribution in [0.3, 0.4) is 0 Å². The van der Waals surface area contributed by atoms with Crippen molar-refractivity contribution in [3.8, 4) is 39.5 Å². The van der Waals surface area contributed by atoms with Gasteiger partial charge in [-0.25, -0.2) is 4.98 Å². The van der Waals surface area contributed by atoms with E-state index in [1.165, 1.54) is 11.1 Å². The van der Waals surface area contributed by atoms with E-state index in [4.69, 9.17) is 14.4 Å². The Kier molecular flexibility index (Phi) is 6.26. The number of aryl methyl sites for hydroxylation is 1. The van der Waals surface area contributed by atoms with Gasteiger partial charge in [-0.05, 0) is 94.1 Å². The second kappa shape index (κ2) is 9.59. The zero-order chi connectivity index (χ0) is 29.1. The molecule has 0 unspecified atom stereocenters. The van der Waals surface area contributed by atoms with E-state index in [0.29, 0.717) is 17.0 Å². The first-order chi connectivity index (χ1) is 19.4. The van der Waals surface area contributed by atoms with Gasteiger partial charge in [0.1, 0.15) is 11.3 Å². The summed E-state index contributed by atoms with van der Waals surface area (Å²) in [5.74, 6) is 0.553. The number of para-hydroxylation sites is 1. The van der Waals surface area contributed by atoms with Gasteiger partial charge in [-0.2, -0.15) is 0 Å². The number of aromatic nitrogens is 2. The SMILES string of the molecule is Cc1cc(-c2cc(-c3cc(C(C)(C)C)cc4cccnc34)cc(C(C)(C)C)c2)c2nc(-c3ccccc3O)oc2c1. The van der Waals surface area contributed by atoms with Gasteiger partial charge in [0.2, 0.25) is 5.89 Å². The van der Waals surface area contributed by atoms with Gasteiger partial charge in [0.25, 0.3) is 0 Å². The Morgan fingerprint density at radius 3 is 2.00 bits per heavy atom. The maximum atomic E-state index is 10.5. The van der Waals surface area contributed by atoms with Crippen LogP contribution in [-0.4, -0.2) is 15.1 Å². The zero-order valence-corrected chi connectivity index (χ0v) is 24.8. The lowest BCUT2D eigenvalue weighted by Gasteiger charge is -2.24. The van der Waals surface area contributed by atoms with Crippen molar-refractivity contribution in [3.63, 3.8) is 0 Å². The van der Waals surface area contributed by atoms with Crippen molar-refractivity contribution in [1.29, 1.82) is 0 Å². The molecule has 0 fully saturated rings. The van der Waals surface area contributed by atoms with Crippen molar-refractivity contribution in [2.75, 3.05) is 0 Å². The van der Waals surface area contributed by atoms with E-state index in [-0.39, 0.29) is 16.6 Å². The summed E-state index contributed by atoms with van der Waals surface area (Å²) in [5, 5.41) is 11.6. The second-order valence-corrected chi connectivity index (χ2v) is 13.1. The molecule has 2 aromatic heterocycles. The topological polar surface area (TPSA) is 59.2 Å². The molecule has 0 amide bonds. The molecule has 0 aliphatic rings. The van der Waals surface area contributed by atoms with Crippen molar-refractivity contribution >= 4 is 22.0 Å². The van der Waals surface area contributed by atoms with Crippen LogP contribution >= 0.6 is 0 Å². The highest BCUT2D eigenvalue weighted by atomic mass is 16.3. The molecule has 0 aliphatic carbocycles. The molecule has 6 rings (SSSR count). The monoisotopic (exact) mass is 540 g/mol. The number of pyridine rings is 1. The molecule has 0 aliphatic heterocycles. The zero-order valence-electron chi connectivity index (χ0n) is 24.8. The molecule has 0 bridgehead atoms. The normalized spacial score (nSPS) is 12.4. The molecule has 4 heteroatoms. The molecule has 1 N–H and O–H groups in total. The van der Waals surface area contributed by atoms with Gasteiger partial charge in [0, 0.05) is 22.7 Å². The predicted molar refractivity (Wildman–Crippen MR) is 169 cm³/mol. The van der Waals surface area contributed by atoms with Crippen LogP contribution in [0.5, 0.6) is 5.75 Å². The first kappa shape index (κ1) is 26.8. The first-order valence-corrected chi connectivity index (χ1v) is 14.1. The molecule has 2 heterocycles. The fourth-order valence-corrected chi connectivity index (χ4v) is 5.37. The van der Waals surface area contributed by atoms with Crippen LogP contribution in [-0.2, 0) is 10.8 Å². The van der Waals surface area contributed by atoms with E-state index in [9.17, 15) is 5.11 Å². The van der Waals surface area contributed by atoms with E-state index >= 15 is 0 Å². The molecule has 0 atom stereocenters. The summed E-state index contributed by atoms with van der Waals surface area (Å²) < 4.78 is 6.22. The fraction of sp³-hybridized carbons (Fsp3) is 0.243. The van der Waals surface area contributed by atoms with E-state index in [1.54, 1.807) is 12.1 Å². The lowest BCUT2D eigenvalue weighted by atomic mass is 9.81. The summed E-state index contributed by atoms with van der Waals surface area (Å²) in [6.07, 6.45) is 1.87. The molecule has 206 valence electrons. The average molecular weight is 541 g/mol. The number of phenols is 1. The van der Waals surface area contributed by atoms with Gasteiger partial charge in [-0.15, -0.1) is 0 Å². The number of aromatic hydroxyl groups is 1. The highest BCUT2D eigenvalue weighted by Gasteiger charge is 2.22. The number of fused-ring (bicyclic) bond motifs is 2. The van der Waals surface area contributed by atoms with Crippen LogP contribution in [0.2, 0.25) is 0 Å². The van der Waals surface area contributed by atoms with Crippen LogP contribution < -0.4 is 0 Å². The van der Waals surface area contributed by atoms with Gasteiger partial charge in [-0.3, -0.25) is 4.98 Å². The number of nitrogens with zero attached hydrogens (tertiary/aromatic N) is 2. The third kappa shape index (κ3) is 4.99. The predicted octanol–water partition coefficient (Wildman–Crippen LogP) is 9.99. The Hall–Kier alpha value is -4.44. The van der Waals surface area contributed by atoms with Gasteiger partial charge >= 0.3 is 0 Å². The summed E-state index contributed by atoms with van der Waals surface area (Å²) in [4.78, 5) is 9.75. The molecule has 0 spiro atoms. The average Bonchev–Trinajstić information content (AvgIpc) is 3.34. The molecule has 41 heavy (non-hydrogen) atoms. The number of oxazole rings is 1. The quantitative estimate of drug-likeness (QED) is 0.243. The van der Waals surface area contributed by atoms with Crippen LogP contribution in [0.15, 0.2) is 89.5 Å². The van der Waals surface area contributed by atoms with Crippen LogP contribution in [0.25, 0.3) is 55.7 Å². The molecule has 6 aromatic rings. The second-order valence-electron chi connectivity index (χ2n) is 13.1. The van der Waals surface area contributed by atoms with Gasteiger partial charge in [0.05, 0.1) is 11.1 Å². The largest absolute Gasteiger partial charge is 0.507 e. The number of hydrogen-bond donors (Lipinski definition) is 1. The smallest absolute Gasteiger partial charge is 0.231 e. The van der Waals surface area contributed by atoms with Gasteiger partial charge in [-0.1, -0.05) is 71.9 Å². The lowest BCUT2D eigenvalue weighted by molar-refractivity contribution is 0.474. The van der Waals surface area contributed by atoms with Gasteiger partial charge in [0.15, 0.2) is 5.58 Å². The van der Waals surface area contributed by atoms with Gasteiger partial charge < -0.3 is 9.52 Å². The standard InChI is InChI=1S/C37H36N2O2/c1-22-15-29(34-32(16-22)41-35(39-34)28-12-8-9-13-31(28)40)24-17-25(20-26(19-24)36(2,3)4)30-21-27(37(5,6)7)18-23-11-10-14-38-33(23)30/h8-21,40H,1-7H3. The molecule has 0 radical (unpaired) electrons. The summed E-state index contributed by atoms with van der Waals surface area (Å²) >= 11 is 0. The Labute approximate surface area is 241 Å². The van der Waals surface area contributed by atoms with Crippen molar-refractivity contribution < 1.29 is 9.52 Å².